The van der Waals surface area contributed by atoms with Crippen LogP contribution in [0.5, 0.6) is 0 Å². The zero-order valence-electron chi connectivity index (χ0n) is 12.1. The molecule has 0 fully saturated rings. The van der Waals surface area contributed by atoms with E-state index in [1.807, 2.05) is 18.3 Å². The van der Waals surface area contributed by atoms with Crippen LogP contribution in [0, 0.1) is 0 Å². The van der Waals surface area contributed by atoms with Gasteiger partial charge in [0.05, 0.1) is 5.69 Å². The smallest absolute Gasteiger partial charge is 0.0510 e. The van der Waals surface area contributed by atoms with E-state index in [2.05, 4.69) is 70.5 Å². The molecule has 2 rings (SSSR count). The third-order valence-corrected chi connectivity index (χ3v) is 5.15. The van der Waals surface area contributed by atoms with E-state index >= 15 is 0 Å². The molecule has 1 heterocycles. The van der Waals surface area contributed by atoms with E-state index in [9.17, 15) is 0 Å². The predicted octanol–water partition coefficient (Wildman–Crippen LogP) is 4.60. The van der Waals surface area contributed by atoms with E-state index in [-0.39, 0.29) is 6.04 Å². The van der Waals surface area contributed by atoms with Crippen molar-refractivity contribution in [3.63, 3.8) is 0 Å². The van der Waals surface area contributed by atoms with Crippen molar-refractivity contribution in [1.29, 1.82) is 0 Å². The van der Waals surface area contributed by atoms with Gasteiger partial charge in [0.25, 0.3) is 0 Å². The molecule has 0 saturated carbocycles. The molecular formula is C16H21BrN2S. The first-order chi connectivity index (χ1) is 9.49. The zero-order chi connectivity index (χ0) is 14.7. The van der Waals surface area contributed by atoms with Crippen molar-refractivity contribution in [2.24, 2.45) is 5.73 Å². The third-order valence-electron chi connectivity index (χ3n) is 3.62. The van der Waals surface area contributed by atoms with Crippen LogP contribution < -0.4 is 10.6 Å². The minimum Gasteiger partial charge on any atom is -0.371 e. The molecule has 0 radical (unpaired) electrons. The molecule has 0 aliphatic heterocycles. The molecule has 2 aromatic rings. The Morgan fingerprint density at radius 2 is 2.05 bits per heavy atom. The zero-order valence-corrected chi connectivity index (χ0v) is 14.5. The van der Waals surface area contributed by atoms with Gasteiger partial charge in [-0.2, -0.15) is 0 Å². The van der Waals surface area contributed by atoms with Gasteiger partial charge in [-0.05, 0) is 58.9 Å². The molecule has 0 spiro atoms. The van der Waals surface area contributed by atoms with Crippen molar-refractivity contribution in [2.45, 2.75) is 32.4 Å². The summed E-state index contributed by atoms with van der Waals surface area (Å²) in [6, 6.07) is 11.2. The summed E-state index contributed by atoms with van der Waals surface area (Å²) >= 11 is 5.49. The second-order valence-corrected chi connectivity index (χ2v) is 7.13. The predicted molar refractivity (Wildman–Crippen MR) is 92.6 cm³/mol. The largest absolute Gasteiger partial charge is 0.371 e. The summed E-state index contributed by atoms with van der Waals surface area (Å²) in [4.78, 5) is 3.74. The van der Waals surface area contributed by atoms with Gasteiger partial charge >= 0.3 is 0 Å². The van der Waals surface area contributed by atoms with Gasteiger partial charge in [0, 0.05) is 34.9 Å². The molecule has 2 atom stereocenters. The molecule has 108 valence electrons. The van der Waals surface area contributed by atoms with E-state index < -0.39 is 0 Å². The highest BCUT2D eigenvalue weighted by molar-refractivity contribution is 9.10. The molecule has 0 aliphatic carbocycles. The van der Waals surface area contributed by atoms with E-state index in [4.69, 9.17) is 5.73 Å². The van der Waals surface area contributed by atoms with E-state index in [1.54, 1.807) is 0 Å². The van der Waals surface area contributed by atoms with Crippen molar-refractivity contribution in [1.82, 2.24) is 0 Å². The van der Waals surface area contributed by atoms with Crippen LogP contribution in [0.4, 0.5) is 5.69 Å². The summed E-state index contributed by atoms with van der Waals surface area (Å²) in [6.07, 6.45) is 1.07. The summed E-state index contributed by atoms with van der Waals surface area (Å²) in [6.45, 7) is 4.26. The van der Waals surface area contributed by atoms with Gasteiger partial charge < -0.3 is 10.6 Å². The number of halogens is 1. The second kappa shape index (κ2) is 6.74. The standard InChI is InChI=1S/C16H21BrN2S/c1-11(9-14-5-4-8-20-14)19(3)16-7-6-13(12(2)18)10-15(16)17/h4-8,10-12H,9,18H2,1-3H3. The maximum Gasteiger partial charge on any atom is 0.0510 e. The first-order valence-corrected chi connectivity index (χ1v) is 8.46. The van der Waals surface area contributed by atoms with Crippen LogP contribution in [0.15, 0.2) is 40.2 Å². The molecule has 0 bridgehead atoms. The Morgan fingerprint density at radius 3 is 2.60 bits per heavy atom. The number of thiophene rings is 1. The van der Waals surface area contributed by atoms with Crippen LogP contribution in [0.2, 0.25) is 0 Å². The highest BCUT2D eigenvalue weighted by Gasteiger charge is 2.14. The van der Waals surface area contributed by atoms with Gasteiger partial charge in [0.1, 0.15) is 0 Å². The summed E-state index contributed by atoms with van der Waals surface area (Å²) in [5.41, 5.74) is 8.29. The molecule has 2 unspecified atom stereocenters. The van der Waals surface area contributed by atoms with Crippen LogP contribution in [0.25, 0.3) is 0 Å². The number of nitrogens with zero attached hydrogens (tertiary/aromatic N) is 1. The Morgan fingerprint density at radius 1 is 1.30 bits per heavy atom. The van der Waals surface area contributed by atoms with Crippen LogP contribution in [-0.2, 0) is 6.42 Å². The van der Waals surface area contributed by atoms with Crippen LogP contribution in [0.1, 0.15) is 30.3 Å². The topological polar surface area (TPSA) is 29.3 Å². The minimum absolute atomic E-state index is 0.0641. The minimum atomic E-state index is 0.0641. The fraction of sp³-hybridized carbons (Fsp3) is 0.375. The molecule has 1 aromatic heterocycles. The van der Waals surface area contributed by atoms with E-state index in [1.165, 1.54) is 10.6 Å². The van der Waals surface area contributed by atoms with Crippen molar-refractivity contribution in [3.05, 3.63) is 50.6 Å². The highest BCUT2D eigenvalue weighted by atomic mass is 79.9. The Labute approximate surface area is 133 Å². The second-order valence-electron chi connectivity index (χ2n) is 5.24. The number of likely N-dealkylation sites (N-methyl/N-ethyl adjacent to an activating group) is 1. The fourth-order valence-corrected chi connectivity index (χ4v) is 3.69. The Kier molecular flexibility index (Phi) is 5.24. The van der Waals surface area contributed by atoms with Gasteiger partial charge in [-0.3, -0.25) is 0 Å². The summed E-state index contributed by atoms with van der Waals surface area (Å²) < 4.78 is 1.10. The summed E-state index contributed by atoms with van der Waals surface area (Å²) in [5, 5.41) is 2.13. The number of rotatable bonds is 5. The lowest BCUT2D eigenvalue weighted by Crippen LogP contribution is -2.30. The normalized spacial score (nSPS) is 14.1. The number of hydrogen-bond donors (Lipinski definition) is 1. The molecule has 20 heavy (non-hydrogen) atoms. The van der Waals surface area contributed by atoms with Crippen molar-refractivity contribution >= 4 is 33.0 Å². The Balaban J connectivity index is 2.14. The molecular weight excluding hydrogens is 332 g/mol. The lowest BCUT2D eigenvalue weighted by molar-refractivity contribution is 0.687. The van der Waals surface area contributed by atoms with Crippen LogP contribution >= 0.6 is 27.3 Å². The third kappa shape index (κ3) is 3.62. The molecule has 1 aromatic carbocycles. The number of hydrogen-bond acceptors (Lipinski definition) is 3. The summed E-state index contributed by atoms with van der Waals surface area (Å²) in [7, 11) is 2.14. The number of anilines is 1. The lowest BCUT2D eigenvalue weighted by atomic mass is 10.1. The molecule has 0 amide bonds. The quantitative estimate of drug-likeness (QED) is 0.851. The van der Waals surface area contributed by atoms with Crippen LogP contribution in [-0.4, -0.2) is 13.1 Å². The maximum atomic E-state index is 5.93. The first-order valence-electron chi connectivity index (χ1n) is 6.79. The number of nitrogens with two attached hydrogens (primary N) is 1. The maximum absolute atomic E-state index is 5.93. The van der Waals surface area contributed by atoms with Gasteiger partial charge in [-0.25, -0.2) is 0 Å². The SMILES string of the molecule is CC(N)c1ccc(N(C)C(C)Cc2cccs2)c(Br)c1. The van der Waals surface area contributed by atoms with Gasteiger partial charge in [-0.1, -0.05) is 12.1 Å². The molecule has 0 aliphatic rings. The fourth-order valence-electron chi connectivity index (χ4n) is 2.19. The molecule has 4 heteroatoms. The average Bonchev–Trinajstić information content (AvgIpc) is 2.90. The van der Waals surface area contributed by atoms with Gasteiger partial charge in [0.2, 0.25) is 0 Å². The number of benzene rings is 1. The summed E-state index contributed by atoms with van der Waals surface area (Å²) in [5.74, 6) is 0. The molecule has 2 nitrogen and oxygen atoms in total. The van der Waals surface area contributed by atoms with Crippen molar-refractivity contribution < 1.29 is 0 Å². The molecule has 0 saturated heterocycles. The first kappa shape index (κ1) is 15.5. The Bertz CT molecular complexity index is 552. The monoisotopic (exact) mass is 352 g/mol. The highest BCUT2D eigenvalue weighted by Crippen LogP contribution is 2.30. The van der Waals surface area contributed by atoms with Crippen LogP contribution in [0.3, 0.4) is 0 Å². The lowest BCUT2D eigenvalue weighted by Gasteiger charge is -2.28. The van der Waals surface area contributed by atoms with E-state index in [0.29, 0.717) is 6.04 Å². The van der Waals surface area contributed by atoms with Crippen molar-refractivity contribution in [3.8, 4) is 0 Å². The average molecular weight is 353 g/mol. The van der Waals surface area contributed by atoms with Gasteiger partial charge in [-0.15, -0.1) is 11.3 Å². The van der Waals surface area contributed by atoms with E-state index in [0.717, 1.165) is 16.5 Å². The molecule has 2 N–H and O–H groups in total. The van der Waals surface area contributed by atoms with Crippen molar-refractivity contribution in [2.75, 3.05) is 11.9 Å². The Hall–Kier alpha value is -0.840. The van der Waals surface area contributed by atoms with Gasteiger partial charge in [0.15, 0.2) is 0 Å².